The molecule has 0 unspecified atom stereocenters. The van der Waals surface area contributed by atoms with Gasteiger partial charge in [0.15, 0.2) is 5.82 Å². The summed E-state index contributed by atoms with van der Waals surface area (Å²) in [6.45, 7) is 0.689. The molecule has 1 aliphatic carbocycles. The Morgan fingerprint density at radius 2 is 1.95 bits per heavy atom. The fourth-order valence-corrected chi connectivity index (χ4v) is 2.86. The maximum absolute atomic E-state index is 5.76. The first-order valence-corrected chi connectivity index (χ1v) is 6.70. The van der Waals surface area contributed by atoms with Crippen LogP contribution < -0.4 is 0 Å². The Labute approximate surface area is 112 Å². The molecule has 2 aromatic rings. The van der Waals surface area contributed by atoms with Crippen molar-refractivity contribution < 1.29 is 4.74 Å². The molecule has 100 valence electrons. The van der Waals surface area contributed by atoms with E-state index in [2.05, 4.69) is 27.7 Å². The molecule has 1 saturated carbocycles. The lowest BCUT2D eigenvalue weighted by Crippen LogP contribution is -2.29. The highest BCUT2D eigenvalue weighted by Gasteiger charge is 2.40. The molecule has 0 amide bonds. The molecule has 1 aromatic heterocycles. The van der Waals surface area contributed by atoms with Crippen molar-refractivity contribution in [1.82, 2.24) is 20.2 Å². The van der Waals surface area contributed by atoms with Crippen LogP contribution in [0.5, 0.6) is 0 Å². The molecule has 0 N–H and O–H groups in total. The zero-order chi connectivity index (χ0) is 13.1. The number of ether oxygens (including phenoxy) is 1. The Balaban J connectivity index is 1.90. The molecule has 1 fully saturated rings. The standard InChI is InChI=1S/C14H18N4O/c1-19-14(9-5-6-10-14)13-15-16-17-18(13)11-12-7-3-2-4-8-12/h2-4,7-8H,5-6,9-11H2,1H3. The maximum atomic E-state index is 5.76. The largest absolute Gasteiger partial charge is 0.370 e. The zero-order valence-corrected chi connectivity index (χ0v) is 11.1. The molecular weight excluding hydrogens is 240 g/mol. The van der Waals surface area contributed by atoms with Gasteiger partial charge >= 0.3 is 0 Å². The van der Waals surface area contributed by atoms with Crippen molar-refractivity contribution in [2.75, 3.05) is 7.11 Å². The minimum absolute atomic E-state index is 0.293. The number of rotatable bonds is 4. The van der Waals surface area contributed by atoms with Gasteiger partial charge in [-0.2, -0.15) is 0 Å². The SMILES string of the molecule is COC1(c2nnnn2Cc2ccccc2)CCCC1. The van der Waals surface area contributed by atoms with E-state index in [1.165, 1.54) is 18.4 Å². The molecule has 1 aromatic carbocycles. The summed E-state index contributed by atoms with van der Waals surface area (Å²) in [5, 5.41) is 12.2. The van der Waals surface area contributed by atoms with Crippen molar-refractivity contribution >= 4 is 0 Å². The molecule has 1 heterocycles. The van der Waals surface area contributed by atoms with Gasteiger partial charge in [0.2, 0.25) is 0 Å². The highest BCUT2D eigenvalue weighted by molar-refractivity contribution is 5.16. The summed E-state index contributed by atoms with van der Waals surface area (Å²) in [5.74, 6) is 0.858. The van der Waals surface area contributed by atoms with Crippen LogP contribution in [0.1, 0.15) is 37.1 Å². The Morgan fingerprint density at radius 3 is 2.63 bits per heavy atom. The molecule has 0 bridgehead atoms. The third-order valence-corrected chi connectivity index (χ3v) is 3.92. The quantitative estimate of drug-likeness (QED) is 0.843. The fourth-order valence-electron chi connectivity index (χ4n) is 2.86. The van der Waals surface area contributed by atoms with E-state index >= 15 is 0 Å². The van der Waals surface area contributed by atoms with Crippen molar-refractivity contribution in [2.45, 2.75) is 37.8 Å². The van der Waals surface area contributed by atoms with E-state index < -0.39 is 0 Å². The third kappa shape index (κ3) is 2.26. The molecule has 0 saturated heterocycles. The monoisotopic (exact) mass is 258 g/mol. The van der Waals surface area contributed by atoms with Crippen LogP contribution in [0.25, 0.3) is 0 Å². The van der Waals surface area contributed by atoms with Gasteiger partial charge in [0.25, 0.3) is 0 Å². The summed E-state index contributed by atoms with van der Waals surface area (Å²) in [7, 11) is 1.76. The second kappa shape index (κ2) is 5.09. The number of tetrazole rings is 1. The number of aromatic nitrogens is 4. The van der Waals surface area contributed by atoms with E-state index in [1.807, 2.05) is 22.9 Å². The van der Waals surface area contributed by atoms with Gasteiger partial charge in [-0.05, 0) is 41.7 Å². The second-order valence-corrected chi connectivity index (χ2v) is 5.05. The number of nitrogens with zero attached hydrogens (tertiary/aromatic N) is 4. The fraction of sp³-hybridized carbons (Fsp3) is 0.500. The van der Waals surface area contributed by atoms with Gasteiger partial charge in [-0.15, -0.1) is 5.10 Å². The summed E-state index contributed by atoms with van der Waals surface area (Å²) in [4.78, 5) is 0. The molecule has 0 atom stereocenters. The highest BCUT2D eigenvalue weighted by Crippen LogP contribution is 2.40. The van der Waals surface area contributed by atoms with Gasteiger partial charge in [-0.1, -0.05) is 30.3 Å². The number of hydrogen-bond donors (Lipinski definition) is 0. The molecule has 19 heavy (non-hydrogen) atoms. The average Bonchev–Trinajstić information content (AvgIpc) is 3.09. The van der Waals surface area contributed by atoms with Crippen molar-refractivity contribution in [1.29, 1.82) is 0 Å². The van der Waals surface area contributed by atoms with Crippen LogP contribution in [-0.2, 0) is 16.9 Å². The smallest absolute Gasteiger partial charge is 0.183 e. The Kier molecular flexibility index (Phi) is 3.29. The van der Waals surface area contributed by atoms with Gasteiger partial charge in [0.05, 0.1) is 6.54 Å². The molecule has 0 aliphatic heterocycles. The summed E-state index contributed by atoms with van der Waals surface area (Å²) >= 11 is 0. The zero-order valence-electron chi connectivity index (χ0n) is 11.1. The molecule has 0 spiro atoms. The Morgan fingerprint density at radius 1 is 1.21 bits per heavy atom. The van der Waals surface area contributed by atoms with Crippen LogP contribution in [-0.4, -0.2) is 27.3 Å². The van der Waals surface area contributed by atoms with E-state index in [-0.39, 0.29) is 5.60 Å². The molecule has 5 heteroatoms. The van der Waals surface area contributed by atoms with Gasteiger partial charge < -0.3 is 4.74 Å². The van der Waals surface area contributed by atoms with Crippen LogP contribution >= 0.6 is 0 Å². The summed E-state index contributed by atoms with van der Waals surface area (Å²) in [6, 6.07) is 10.2. The predicted octanol–water partition coefficient (Wildman–Crippen LogP) is 2.14. The Bertz CT molecular complexity index is 531. The van der Waals surface area contributed by atoms with Crippen LogP contribution in [0, 0.1) is 0 Å². The molecule has 3 rings (SSSR count). The number of methoxy groups -OCH3 is 1. The lowest BCUT2D eigenvalue weighted by molar-refractivity contribution is -0.0197. The van der Waals surface area contributed by atoms with Crippen molar-refractivity contribution in [3.63, 3.8) is 0 Å². The van der Waals surface area contributed by atoms with Crippen LogP contribution in [0.4, 0.5) is 0 Å². The summed E-state index contributed by atoms with van der Waals surface area (Å²) < 4.78 is 7.62. The van der Waals surface area contributed by atoms with Crippen LogP contribution in [0.15, 0.2) is 30.3 Å². The highest BCUT2D eigenvalue weighted by atomic mass is 16.5. The topological polar surface area (TPSA) is 52.8 Å². The normalized spacial score (nSPS) is 17.7. The molecule has 1 aliphatic rings. The second-order valence-electron chi connectivity index (χ2n) is 5.05. The number of hydrogen-bond acceptors (Lipinski definition) is 4. The average molecular weight is 258 g/mol. The van der Waals surface area contributed by atoms with E-state index in [1.54, 1.807) is 7.11 Å². The molecule has 0 radical (unpaired) electrons. The van der Waals surface area contributed by atoms with E-state index in [4.69, 9.17) is 4.74 Å². The van der Waals surface area contributed by atoms with Crippen molar-refractivity contribution in [3.05, 3.63) is 41.7 Å². The van der Waals surface area contributed by atoms with E-state index in [9.17, 15) is 0 Å². The first kappa shape index (κ1) is 12.3. The van der Waals surface area contributed by atoms with E-state index in [0.717, 1.165) is 18.7 Å². The number of benzene rings is 1. The van der Waals surface area contributed by atoms with Crippen LogP contribution in [0.3, 0.4) is 0 Å². The molecule has 5 nitrogen and oxygen atoms in total. The first-order valence-electron chi connectivity index (χ1n) is 6.70. The molecular formula is C14H18N4O. The van der Waals surface area contributed by atoms with Crippen molar-refractivity contribution in [2.24, 2.45) is 0 Å². The lowest BCUT2D eigenvalue weighted by atomic mass is 10.0. The van der Waals surface area contributed by atoms with E-state index in [0.29, 0.717) is 6.54 Å². The summed E-state index contributed by atoms with van der Waals surface area (Å²) in [6.07, 6.45) is 4.34. The lowest BCUT2D eigenvalue weighted by Gasteiger charge is -2.25. The van der Waals surface area contributed by atoms with Gasteiger partial charge in [-0.25, -0.2) is 4.68 Å². The maximum Gasteiger partial charge on any atom is 0.183 e. The van der Waals surface area contributed by atoms with Crippen LogP contribution in [0.2, 0.25) is 0 Å². The van der Waals surface area contributed by atoms with Crippen molar-refractivity contribution in [3.8, 4) is 0 Å². The van der Waals surface area contributed by atoms with Gasteiger partial charge in [0, 0.05) is 7.11 Å². The Hall–Kier alpha value is -1.75. The first-order chi connectivity index (χ1) is 9.34. The summed E-state index contributed by atoms with van der Waals surface area (Å²) in [5.41, 5.74) is 0.901. The predicted molar refractivity (Wildman–Crippen MR) is 70.5 cm³/mol. The van der Waals surface area contributed by atoms with Gasteiger partial charge in [-0.3, -0.25) is 0 Å². The van der Waals surface area contributed by atoms with Gasteiger partial charge in [0.1, 0.15) is 5.60 Å². The third-order valence-electron chi connectivity index (χ3n) is 3.92. The minimum Gasteiger partial charge on any atom is -0.370 e. The minimum atomic E-state index is -0.293.